The molecular weight excluding hydrogens is 977 g/mol. The average molecular weight is 1050 g/mol. The predicted molar refractivity (Wildman–Crippen MR) is 284 cm³/mol. The minimum Gasteiger partial charge on any atom is -0.391 e. The van der Waals surface area contributed by atoms with Crippen molar-refractivity contribution in [2.24, 2.45) is 5.41 Å². The average Bonchev–Trinajstić information content (AvgIpc) is 4.18. The number of β-amino-alcohol motifs (C(OH)–C–C–N with tert-alkyl or cyclic N) is 1. The molecule has 3 fully saturated rings. The number of hydrogen-bond acceptors (Lipinski definition) is 15. The van der Waals surface area contributed by atoms with E-state index in [1.165, 1.54) is 11.8 Å². The van der Waals surface area contributed by atoms with E-state index < -0.39 is 29.5 Å². The number of amides is 4. The number of pyridine rings is 2. The van der Waals surface area contributed by atoms with Crippen LogP contribution in [0.15, 0.2) is 59.1 Å². The largest absolute Gasteiger partial charge is 0.391 e. The van der Waals surface area contributed by atoms with Crippen molar-refractivity contribution in [1.29, 1.82) is 0 Å². The van der Waals surface area contributed by atoms with E-state index in [4.69, 9.17) is 19.4 Å². The number of hydrogen-bond donors (Lipinski definition) is 3. The number of rotatable bonds is 20. The summed E-state index contributed by atoms with van der Waals surface area (Å²) in [4.78, 5) is 105. The van der Waals surface area contributed by atoms with E-state index in [0.717, 1.165) is 58.8 Å². The van der Waals surface area contributed by atoms with Crippen LogP contribution in [0.1, 0.15) is 117 Å². The molecule has 5 aromatic rings. The number of carbonyl (C=O) groups is 5. The van der Waals surface area contributed by atoms with Crippen molar-refractivity contribution in [3.63, 3.8) is 0 Å². The Balaban J connectivity index is 0.716. The number of piperazine rings is 1. The third kappa shape index (κ3) is 13.3. The third-order valence-electron chi connectivity index (χ3n) is 14.5. The number of benzene rings is 1. The highest BCUT2D eigenvalue weighted by Crippen LogP contribution is 2.33. The summed E-state index contributed by atoms with van der Waals surface area (Å²) in [6, 6.07) is 9.98. The van der Waals surface area contributed by atoms with Crippen LogP contribution < -0.4 is 21.1 Å². The lowest BCUT2D eigenvalue weighted by Crippen LogP contribution is -2.57. The summed E-state index contributed by atoms with van der Waals surface area (Å²) < 4.78 is 13.1. The van der Waals surface area contributed by atoms with Gasteiger partial charge in [0.1, 0.15) is 23.6 Å². The molecule has 2 aliphatic heterocycles. The zero-order valence-corrected chi connectivity index (χ0v) is 44.7. The van der Waals surface area contributed by atoms with Gasteiger partial charge in [-0.2, -0.15) is 0 Å². The van der Waals surface area contributed by atoms with E-state index in [0.29, 0.717) is 55.0 Å². The minimum atomic E-state index is -0.952. The molecule has 0 unspecified atom stereocenters. The van der Waals surface area contributed by atoms with Gasteiger partial charge in [-0.25, -0.2) is 15.0 Å². The fourth-order valence-corrected chi connectivity index (χ4v) is 11.1. The second kappa shape index (κ2) is 24.5. The number of aryl methyl sites for hydroxylation is 2. The molecule has 1 saturated carbocycles. The monoisotopic (exact) mass is 1050 g/mol. The summed E-state index contributed by atoms with van der Waals surface area (Å²) in [6.07, 6.45) is 7.17. The van der Waals surface area contributed by atoms with Crippen LogP contribution in [0, 0.1) is 19.3 Å². The normalized spacial score (nSPS) is 17.7. The van der Waals surface area contributed by atoms with Crippen LogP contribution in [0.5, 0.6) is 0 Å². The van der Waals surface area contributed by atoms with Crippen molar-refractivity contribution < 1.29 is 38.6 Å². The summed E-state index contributed by atoms with van der Waals surface area (Å²) in [7, 11) is 0. The molecule has 6 heterocycles. The van der Waals surface area contributed by atoms with Crippen LogP contribution >= 0.6 is 11.3 Å². The molecule has 3 atom stereocenters. The Hall–Kier alpha value is -6.48. The van der Waals surface area contributed by atoms with Gasteiger partial charge in [-0.15, -0.1) is 11.3 Å². The number of aromatic nitrogens is 5. The molecule has 3 N–H and O–H groups in total. The van der Waals surface area contributed by atoms with Gasteiger partial charge in [0.2, 0.25) is 23.6 Å². The Labute approximate surface area is 441 Å². The van der Waals surface area contributed by atoms with E-state index in [9.17, 15) is 33.9 Å². The van der Waals surface area contributed by atoms with Crippen molar-refractivity contribution in [2.45, 2.75) is 124 Å². The van der Waals surface area contributed by atoms with Crippen LogP contribution in [0.2, 0.25) is 0 Å². The maximum Gasteiger partial charge on any atom is 0.263 e. The Morgan fingerprint density at radius 2 is 1.59 bits per heavy atom. The van der Waals surface area contributed by atoms with Gasteiger partial charge < -0.3 is 39.9 Å². The number of carbonyl (C=O) groups excluding carboxylic acids is 5. The number of nitrogens with one attached hydrogen (secondary N) is 2. The van der Waals surface area contributed by atoms with Crippen molar-refractivity contribution in [3.8, 4) is 10.4 Å². The highest BCUT2D eigenvalue weighted by Gasteiger charge is 2.44. The molecule has 1 aromatic carbocycles. The molecule has 0 radical (unpaired) electrons. The SMILES string of the molecule is CC(=O)c1c(C)c2cnc(Cc3ccc(N4CCN(C(=O)CCOCCOCCC(=O)N[C@H](C(=O)N5C[C@H](O)C[C@H]5C(=O)NCc5ccc(-c6scnc6C)cc5)C(C)(C)C)CC4)cn3)nc2n(C2CCCC2)c1=O. The van der Waals surface area contributed by atoms with Gasteiger partial charge in [0, 0.05) is 75.4 Å². The van der Waals surface area contributed by atoms with Gasteiger partial charge in [-0.3, -0.25) is 38.3 Å². The van der Waals surface area contributed by atoms with Gasteiger partial charge in [0.25, 0.3) is 5.56 Å². The molecular formula is C55H70N10O9S. The molecule has 0 spiro atoms. The number of nitrogens with zero attached hydrogens (tertiary/aromatic N) is 8. The maximum absolute atomic E-state index is 14.0. The first-order valence-corrected chi connectivity index (χ1v) is 26.9. The summed E-state index contributed by atoms with van der Waals surface area (Å²) in [5.74, 6) is -0.896. The van der Waals surface area contributed by atoms with Crippen molar-refractivity contribution >= 4 is 57.5 Å². The van der Waals surface area contributed by atoms with Crippen LogP contribution in [0.3, 0.4) is 0 Å². The van der Waals surface area contributed by atoms with Gasteiger partial charge in [0.05, 0.1) is 78.9 Å². The van der Waals surface area contributed by atoms with Crippen LogP contribution in [0.25, 0.3) is 21.5 Å². The Morgan fingerprint density at radius 1 is 0.880 bits per heavy atom. The third-order valence-corrected chi connectivity index (χ3v) is 15.4. The summed E-state index contributed by atoms with van der Waals surface area (Å²) >= 11 is 1.57. The molecule has 3 aliphatic rings. The van der Waals surface area contributed by atoms with Gasteiger partial charge in [-0.05, 0) is 67.9 Å². The quantitative estimate of drug-likeness (QED) is 0.0680. The number of Topliss-reactive ketones (excluding diaryl/α,β-unsaturated/α-hetero) is 1. The molecule has 0 bridgehead atoms. The molecule has 1 aliphatic carbocycles. The molecule has 75 heavy (non-hydrogen) atoms. The van der Waals surface area contributed by atoms with Crippen molar-refractivity contribution in [1.82, 2.24) is 44.9 Å². The lowest BCUT2D eigenvalue weighted by Gasteiger charge is -2.36. The first-order valence-electron chi connectivity index (χ1n) is 26.1. The number of ketones is 1. The van der Waals surface area contributed by atoms with Crippen molar-refractivity contribution in [3.05, 3.63) is 98.6 Å². The lowest BCUT2D eigenvalue weighted by molar-refractivity contribution is -0.144. The summed E-state index contributed by atoms with van der Waals surface area (Å²) in [6.45, 7) is 14.1. The summed E-state index contributed by atoms with van der Waals surface area (Å²) in [5.41, 5.74) is 6.85. The van der Waals surface area contributed by atoms with Crippen LogP contribution in [0.4, 0.5) is 5.69 Å². The molecule has 4 aromatic heterocycles. The second-order valence-electron chi connectivity index (χ2n) is 20.9. The standard InChI is InChI=1S/C55H70N10O9S/c1-34-43-31-57-45(60-51(43)65(40-9-7-8-10-40)53(71)48(34)36(3)66)27-39-15-16-41(30-56-39)62-19-21-63(22-20-62)47(69)18-24-74-26-25-73-23-17-46(68)61-50(55(4,5)6)54(72)64-32-42(67)28-44(64)52(70)58-29-37-11-13-38(14-12-37)49-35(2)59-33-75-49/h11-16,30-31,33,40,42,44,50,67H,7-10,17-29,32H2,1-6H3,(H,58,70)(H,61,68)/t42-,44+,50-/m1/s1. The minimum absolute atomic E-state index is 0.00431. The van der Waals surface area contributed by atoms with Gasteiger partial charge >= 0.3 is 0 Å². The van der Waals surface area contributed by atoms with E-state index in [1.54, 1.807) is 29.0 Å². The predicted octanol–water partition coefficient (Wildman–Crippen LogP) is 5.11. The number of aliphatic hydroxyl groups is 1. The highest BCUT2D eigenvalue weighted by molar-refractivity contribution is 7.13. The van der Waals surface area contributed by atoms with Crippen LogP contribution in [-0.2, 0) is 41.6 Å². The molecule has 4 amide bonds. The van der Waals surface area contributed by atoms with Crippen LogP contribution in [-0.4, -0.2) is 146 Å². The molecule has 19 nitrogen and oxygen atoms in total. The molecule has 8 rings (SSSR count). The number of likely N-dealkylation sites (tertiary alicyclic amines) is 1. The lowest BCUT2D eigenvalue weighted by atomic mass is 9.85. The number of ether oxygens (including phenoxy) is 2. The fraction of sp³-hybridized carbons (Fsp3) is 0.527. The zero-order chi connectivity index (χ0) is 53.4. The van der Waals surface area contributed by atoms with E-state index in [1.807, 2.05) is 80.7 Å². The van der Waals surface area contributed by atoms with Gasteiger partial charge in [0.15, 0.2) is 5.78 Å². The van der Waals surface area contributed by atoms with E-state index in [-0.39, 0.29) is 99.4 Å². The smallest absolute Gasteiger partial charge is 0.263 e. The topological polar surface area (TPSA) is 231 Å². The first-order chi connectivity index (χ1) is 36.0. The number of thiazole rings is 1. The number of fused-ring (bicyclic) bond motifs is 1. The van der Waals surface area contributed by atoms with Crippen molar-refractivity contribution in [2.75, 3.05) is 64.1 Å². The first kappa shape index (κ1) is 54.8. The zero-order valence-electron chi connectivity index (χ0n) is 43.9. The van der Waals surface area contributed by atoms with Gasteiger partial charge in [-0.1, -0.05) is 57.9 Å². The Morgan fingerprint density at radius 3 is 2.23 bits per heavy atom. The highest BCUT2D eigenvalue weighted by atomic mass is 32.1. The summed E-state index contributed by atoms with van der Waals surface area (Å²) in [5, 5.41) is 17.1. The second-order valence-corrected chi connectivity index (χ2v) is 21.8. The van der Waals surface area contributed by atoms with E-state index in [2.05, 4.69) is 25.5 Å². The fourth-order valence-electron chi connectivity index (χ4n) is 10.3. The maximum atomic E-state index is 14.0. The Kier molecular flexibility index (Phi) is 17.9. The number of anilines is 1. The molecule has 2 saturated heterocycles. The van der Waals surface area contributed by atoms with E-state index >= 15 is 0 Å². The molecule has 400 valence electrons. The Bertz CT molecular complexity index is 2910. The molecule has 20 heteroatoms. The number of aliphatic hydroxyl groups excluding tert-OH is 1.